The summed E-state index contributed by atoms with van der Waals surface area (Å²) >= 11 is 5.16. The van der Waals surface area contributed by atoms with Gasteiger partial charge in [-0.1, -0.05) is 15.9 Å². The Balaban J connectivity index is 1.86. The molecule has 2 rings (SSSR count). The maximum absolute atomic E-state index is 5.46. The van der Waals surface area contributed by atoms with Gasteiger partial charge >= 0.3 is 0 Å². The van der Waals surface area contributed by atoms with Gasteiger partial charge in [-0.05, 0) is 37.2 Å². The highest BCUT2D eigenvalue weighted by atomic mass is 79.9. The summed E-state index contributed by atoms with van der Waals surface area (Å²) in [5.41, 5.74) is 5.46. The number of nitrogens with zero attached hydrogens (tertiary/aromatic N) is 2. The number of hydrogen-bond acceptors (Lipinski definition) is 4. The SMILES string of the molecule is NCCCc1n[nH]c(CSc2ccc(Br)cc2)n1. The third-order valence-electron chi connectivity index (χ3n) is 2.37. The Morgan fingerprint density at radius 1 is 1.28 bits per heavy atom. The second-order valence-corrected chi connectivity index (χ2v) is 5.80. The lowest BCUT2D eigenvalue weighted by molar-refractivity contribution is 0.785. The maximum atomic E-state index is 5.46. The zero-order chi connectivity index (χ0) is 12.8. The minimum absolute atomic E-state index is 0.678. The van der Waals surface area contributed by atoms with Crippen molar-refractivity contribution in [3.8, 4) is 0 Å². The molecule has 6 heteroatoms. The van der Waals surface area contributed by atoms with E-state index < -0.39 is 0 Å². The Hall–Kier alpha value is -0.850. The van der Waals surface area contributed by atoms with E-state index in [1.54, 1.807) is 11.8 Å². The van der Waals surface area contributed by atoms with Crippen LogP contribution in [0.15, 0.2) is 33.6 Å². The van der Waals surface area contributed by atoms with E-state index >= 15 is 0 Å². The molecule has 1 heterocycles. The molecule has 0 saturated heterocycles. The molecule has 0 bridgehead atoms. The predicted octanol–water partition coefficient (Wildman–Crippen LogP) is 2.75. The van der Waals surface area contributed by atoms with E-state index in [1.165, 1.54) is 4.90 Å². The number of aryl methyl sites for hydroxylation is 1. The molecule has 0 aliphatic carbocycles. The van der Waals surface area contributed by atoms with Crippen LogP contribution in [0, 0.1) is 0 Å². The van der Waals surface area contributed by atoms with E-state index in [1.807, 2.05) is 12.1 Å². The lowest BCUT2D eigenvalue weighted by atomic mass is 10.3. The van der Waals surface area contributed by atoms with Gasteiger partial charge in [0.15, 0.2) is 5.82 Å². The minimum Gasteiger partial charge on any atom is -0.330 e. The van der Waals surface area contributed by atoms with Crippen molar-refractivity contribution in [1.29, 1.82) is 0 Å². The number of hydrogen-bond donors (Lipinski definition) is 2. The average Bonchev–Trinajstić information content (AvgIpc) is 2.84. The second-order valence-electron chi connectivity index (χ2n) is 3.83. The molecule has 0 amide bonds. The Labute approximate surface area is 119 Å². The number of aromatic amines is 1. The minimum atomic E-state index is 0.678. The first-order valence-electron chi connectivity index (χ1n) is 5.76. The van der Waals surface area contributed by atoms with Crippen molar-refractivity contribution in [3.63, 3.8) is 0 Å². The third-order valence-corrected chi connectivity index (χ3v) is 3.92. The summed E-state index contributed by atoms with van der Waals surface area (Å²) in [5.74, 6) is 2.57. The van der Waals surface area contributed by atoms with Gasteiger partial charge in [0.25, 0.3) is 0 Å². The first-order valence-corrected chi connectivity index (χ1v) is 7.54. The number of aromatic nitrogens is 3. The Morgan fingerprint density at radius 2 is 2.06 bits per heavy atom. The van der Waals surface area contributed by atoms with E-state index in [9.17, 15) is 0 Å². The van der Waals surface area contributed by atoms with Crippen molar-refractivity contribution < 1.29 is 0 Å². The normalized spacial score (nSPS) is 10.8. The molecule has 0 unspecified atom stereocenters. The summed E-state index contributed by atoms with van der Waals surface area (Å²) < 4.78 is 1.09. The zero-order valence-electron chi connectivity index (χ0n) is 9.90. The highest BCUT2D eigenvalue weighted by Crippen LogP contribution is 2.23. The number of nitrogens with one attached hydrogen (secondary N) is 1. The highest BCUT2D eigenvalue weighted by Gasteiger charge is 2.03. The van der Waals surface area contributed by atoms with E-state index in [4.69, 9.17) is 5.73 Å². The molecular formula is C12H15BrN4S. The van der Waals surface area contributed by atoms with Crippen LogP contribution in [-0.2, 0) is 12.2 Å². The molecule has 0 fully saturated rings. The van der Waals surface area contributed by atoms with Gasteiger partial charge in [-0.25, -0.2) is 4.98 Å². The van der Waals surface area contributed by atoms with Crippen LogP contribution in [0.1, 0.15) is 18.1 Å². The van der Waals surface area contributed by atoms with Crippen molar-refractivity contribution in [2.75, 3.05) is 6.54 Å². The fourth-order valence-electron chi connectivity index (χ4n) is 1.45. The smallest absolute Gasteiger partial charge is 0.150 e. The summed E-state index contributed by atoms with van der Waals surface area (Å²) in [4.78, 5) is 5.65. The number of benzene rings is 1. The Bertz CT molecular complexity index is 483. The van der Waals surface area contributed by atoms with E-state index in [-0.39, 0.29) is 0 Å². The van der Waals surface area contributed by atoms with Gasteiger partial charge in [0, 0.05) is 15.8 Å². The van der Waals surface area contributed by atoms with Gasteiger partial charge in [0.05, 0.1) is 5.75 Å². The van der Waals surface area contributed by atoms with E-state index in [0.717, 1.165) is 34.7 Å². The lowest BCUT2D eigenvalue weighted by Crippen LogP contribution is -2.01. The molecule has 96 valence electrons. The van der Waals surface area contributed by atoms with Crippen LogP contribution in [-0.4, -0.2) is 21.7 Å². The van der Waals surface area contributed by atoms with Crippen molar-refractivity contribution in [3.05, 3.63) is 40.4 Å². The molecule has 0 spiro atoms. The van der Waals surface area contributed by atoms with Crippen molar-refractivity contribution in [2.45, 2.75) is 23.5 Å². The fourth-order valence-corrected chi connectivity index (χ4v) is 2.48. The average molecular weight is 327 g/mol. The number of thioether (sulfide) groups is 1. The topological polar surface area (TPSA) is 67.6 Å². The largest absolute Gasteiger partial charge is 0.330 e. The van der Waals surface area contributed by atoms with Crippen molar-refractivity contribution >= 4 is 27.7 Å². The molecule has 2 aromatic rings. The molecule has 0 radical (unpaired) electrons. The van der Waals surface area contributed by atoms with Crippen LogP contribution in [0.3, 0.4) is 0 Å². The number of rotatable bonds is 6. The molecule has 0 saturated carbocycles. The Morgan fingerprint density at radius 3 is 2.78 bits per heavy atom. The van der Waals surface area contributed by atoms with Crippen LogP contribution in [0.5, 0.6) is 0 Å². The van der Waals surface area contributed by atoms with Crippen LogP contribution in [0.2, 0.25) is 0 Å². The van der Waals surface area contributed by atoms with Crippen molar-refractivity contribution in [2.24, 2.45) is 5.73 Å². The molecule has 18 heavy (non-hydrogen) atoms. The van der Waals surface area contributed by atoms with Gasteiger partial charge < -0.3 is 5.73 Å². The van der Waals surface area contributed by atoms with Crippen LogP contribution < -0.4 is 5.73 Å². The van der Waals surface area contributed by atoms with E-state index in [2.05, 4.69) is 43.2 Å². The van der Waals surface area contributed by atoms with Gasteiger partial charge in [-0.3, -0.25) is 5.10 Å². The number of halogens is 1. The van der Waals surface area contributed by atoms with Gasteiger partial charge in [-0.15, -0.1) is 11.8 Å². The zero-order valence-corrected chi connectivity index (χ0v) is 12.3. The molecule has 1 aromatic carbocycles. The molecule has 0 aliphatic heterocycles. The predicted molar refractivity (Wildman–Crippen MR) is 77.5 cm³/mol. The summed E-state index contributed by atoms with van der Waals surface area (Å²) in [6.07, 6.45) is 1.77. The summed E-state index contributed by atoms with van der Waals surface area (Å²) in [7, 11) is 0. The first-order chi connectivity index (χ1) is 8.78. The molecule has 0 atom stereocenters. The fraction of sp³-hybridized carbons (Fsp3) is 0.333. The summed E-state index contributed by atoms with van der Waals surface area (Å²) in [5, 5.41) is 7.13. The molecular weight excluding hydrogens is 312 g/mol. The highest BCUT2D eigenvalue weighted by molar-refractivity contribution is 9.10. The van der Waals surface area contributed by atoms with Crippen LogP contribution in [0.25, 0.3) is 0 Å². The summed E-state index contributed by atoms with van der Waals surface area (Å²) in [6.45, 7) is 0.678. The summed E-state index contributed by atoms with van der Waals surface area (Å²) in [6, 6.07) is 8.24. The monoisotopic (exact) mass is 326 g/mol. The molecule has 3 N–H and O–H groups in total. The van der Waals surface area contributed by atoms with Gasteiger partial charge in [-0.2, -0.15) is 5.10 Å². The maximum Gasteiger partial charge on any atom is 0.150 e. The number of nitrogens with two attached hydrogens (primary N) is 1. The second kappa shape index (κ2) is 6.92. The molecule has 1 aromatic heterocycles. The Kier molecular flexibility index (Phi) is 5.22. The lowest BCUT2D eigenvalue weighted by Gasteiger charge is -1.98. The van der Waals surface area contributed by atoms with Crippen molar-refractivity contribution in [1.82, 2.24) is 15.2 Å². The van der Waals surface area contributed by atoms with Gasteiger partial charge in [0.2, 0.25) is 0 Å². The third kappa shape index (κ3) is 4.12. The quantitative estimate of drug-likeness (QED) is 0.801. The first kappa shape index (κ1) is 13.6. The van der Waals surface area contributed by atoms with Crippen LogP contribution in [0.4, 0.5) is 0 Å². The number of H-pyrrole nitrogens is 1. The molecule has 0 aliphatic rings. The van der Waals surface area contributed by atoms with Gasteiger partial charge in [0.1, 0.15) is 5.82 Å². The molecule has 4 nitrogen and oxygen atoms in total. The van der Waals surface area contributed by atoms with E-state index in [0.29, 0.717) is 6.54 Å². The van der Waals surface area contributed by atoms with Crippen LogP contribution >= 0.6 is 27.7 Å². The standard InChI is InChI=1S/C12H15BrN4S/c13-9-3-5-10(6-4-9)18-8-12-15-11(16-17-12)2-1-7-14/h3-6H,1-2,7-8,14H2,(H,15,16,17).